The molecule has 0 heterocycles. The number of rotatable bonds is 5. The Labute approximate surface area is 85.8 Å². The van der Waals surface area contributed by atoms with E-state index in [1.807, 2.05) is 33.0 Å². The molecular weight excluding hydrogens is 178 g/mol. The molecule has 0 spiro atoms. The van der Waals surface area contributed by atoms with Crippen molar-refractivity contribution in [2.45, 2.75) is 27.2 Å². The molecular formula is C11H19NO2. The van der Waals surface area contributed by atoms with Gasteiger partial charge in [0.2, 0.25) is 0 Å². The Balaban J connectivity index is 4.42. The highest BCUT2D eigenvalue weighted by Gasteiger charge is 2.06. The molecule has 0 unspecified atom stereocenters. The number of ether oxygens (including phenoxy) is 1. The van der Waals surface area contributed by atoms with Crippen molar-refractivity contribution in [2.75, 3.05) is 13.7 Å². The van der Waals surface area contributed by atoms with Crippen molar-refractivity contribution in [3.05, 3.63) is 23.4 Å². The van der Waals surface area contributed by atoms with Gasteiger partial charge in [0.25, 0.3) is 0 Å². The summed E-state index contributed by atoms with van der Waals surface area (Å²) in [4.78, 5) is 11.2. The van der Waals surface area contributed by atoms with Crippen LogP contribution in [0.1, 0.15) is 27.2 Å². The number of hydrogen-bond donors (Lipinski definition) is 1. The minimum atomic E-state index is -0.194. The SMILES string of the molecule is C/C=C\C(C)=C(\CC(=O)OCC)NC. The first kappa shape index (κ1) is 12.8. The summed E-state index contributed by atoms with van der Waals surface area (Å²) in [5.41, 5.74) is 1.96. The first-order valence-electron chi connectivity index (χ1n) is 4.81. The van der Waals surface area contributed by atoms with Crippen LogP contribution in [0.2, 0.25) is 0 Å². The van der Waals surface area contributed by atoms with Crippen molar-refractivity contribution in [2.24, 2.45) is 0 Å². The van der Waals surface area contributed by atoms with Crippen LogP contribution in [0.5, 0.6) is 0 Å². The number of hydrogen-bond acceptors (Lipinski definition) is 3. The quantitative estimate of drug-likeness (QED) is 0.541. The number of carbonyl (C=O) groups excluding carboxylic acids is 1. The van der Waals surface area contributed by atoms with Gasteiger partial charge in [-0.1, -0.05) is 12.2 Å². The zero-order chi connectivity index (χ0) is 11.0. The van der Waals surface area contributed by atoms with E-state index in [1.165, 1.54) is 0 Å². The summed E-state index contributed by atoms with van der Waals surface area (Å²) in [6.07, 6.45) is 4.21. The second kappa shape index (κ2) is 7.18. The van der Waals surface area contributed by atoms with Gasteiger partial charge in [0.05, 0.1) is 13.0 Å². The normalized spacial score (nSPS) is 12.6. The summed E-state index contributed by atoms with van der Waals surface area (Å²) in [5, 5.41) is 3.00. The van der Waals surface area contributed by atoms with Crippen LogP contribution in [0.15, 0.2) is 23.4 Å². The van der Waals surface area contributed by atoms with Gasteiger partial charge in [-0.05, 0) is 26.3 Å². The number of allylic oxidation sites excluding steroid dienone is 3. The molecule has 0 saturated carbocycles. The first-order chi connectivity index (χ1) is 6.65. The minimum Gasteiger partial charge on any atom is -0.466 e. The van der Waals surface area contributed by atoms with Crippen LogP contribution < -0.4 is 5.32 Å². The van der Waals surface area contributed by atoms with Gasteiger partial charge in [0.15, 0.2) is 0 Å². The van der Waals surface area contributed by atoms with Gasteiger partial charge in [-0.15, -0.1) is 0 Å². The Kier molecular flexibility index (Phi) is 6.54. The Morgan fingerprint density at radius 1 is 1.50 bits per heavy atom. The highest BCUT2D eigenvalue weighted by atomic mass is 16.5. The molecule has 0 rings (SSSR count). The second-order valence-corrected chi connectivity index (χ2v) is 2.89. The predicted octanol–water partition coefficient (Wildman–Crippen LogP) is 2.01. The summed E-state index contributed by atoms with van der Waals surface area (Å²) >= 11 is 0. The van der Waals surface area contributed by atoms with E-state index in [0.29, 0.717) is 13.0 Å². The second-order valence-electron chi connectivity index (χ2n) is 2.89. The lowest BCUT2D eigenvalue weighted by Crippen LogP contribution is -2.14. The molecule has 0 aliphatic carbocycles. The molecule has 0 amide bonds. The third-order valence-corrected chi connectivity index (χ3v) is 1.82. The van der Waals surface area contributed by atoms with Gasteiger partial charge in [-0.3, -0.25) is 4.79 Å². The average molecular weight is 197 g/mol. The molecule has 0 aromatic heterocycles. The first-order valence-corrected chi connectivity index (χ1v) is 4.81. The third kappa shape index (κ3) is 4.70. The van der Waals surface area contributed by atoms with Gasteiger partial charge in [-0.2, -0.15) is 0 Å². The molecule has 0 atom stereocenters. The summed E-state index contributed by atoms with van der Waals surface area (Å²) in [6, 6.07) is 0. The van der Waals surface area contributed by atoms with Crippen LogP contribution in [0, 0.1) is 0 Å². The zero-order valence-electron chi connectivity index (χ0n) is 9.39. The zero-order valence-corrected chi connectivity index (χ0v) is 9.39. The standard InChI is InChI=1S/C11H19NO2/c1-5-7-9(3)10(12-4)8-11(13)14-6-2/h5,7,12H,6,8H2,1-4H3/b7-5-,10-9-. The lowest BCUT2D eigenvalue weighted by atomic mass is 10.1. The van der Waals surface area contributed by atoms with Gasteiger partial charge in [0.1, 0.15) is 0 Å². The van der Waals surface area contributed by atoms with Crippen molar-refractivity contribution in [1.82, 2.24) is 5.32 Å². The van der Waals surface area contributed by atoms with Crippen molar-refractivity contribution < 1.29 is 9.53 Å². The number of esters is 1. The van der Waals surface area contributed by atoms with Crippen molar-refractivity contribution in [1.29, 1.82) is 0 Å². The van der Waals surface area contributed by atoms with Gasteiger partial charge in [0, 0.05) is 12.7 Å². The van der Waals surface area contributed by atoms with Crippen LogP contribution in [-0.2, 0) is 9.53 Å². The largest absolute Gasteiger partial charge is 0.466 e. The van der Waals surface area contributed by atoms with Crippen LogP contribution in [-0.4, -0.2) is 19.6 Å². The van der Waals surface area contributed by atoms with E-state index in [0.717, 1.165) is 11.3 Å². The summed E-state index contributed by atoms with van der Waals surface area (Å²) in [7, 11) is 1.81. The van der Waals surface area contributed by atoms with Crippen LogP contribution >= 0.6 is 0 Å². The van der Waals surface area contributed by atoms with E-state index >= 15 is 0 Å². The monoisotopic (exact) mass is 197 g/mol. The number of carbonyl (C=O) groups is 1. The Morgan fingerprint density at radius 3 is 2.57 bits per heavy atom. The van der Waals surface area contributed by atoms with E-state index in [9.17, 15) is 4.79 Å². The molecule has 14 heavy (non-hydrogen) atoms. The highest BCUT2D eigenvalue weighted by Crippen LogP contribution is 2.07. The number of nitrogens with one attached hydrogen (secondary N) is 1. The smallest absolute Gasteiger partial charge is 0.311 e. The van der Waals surface area contributed by atoms with Crippen LogP contribution in [0.25, 0.3) is 0 Å². The lowest BCUT2D eigenvalue weighted by Gasteiger charge is -2.08. The topological polar surface area (TPSA) is 38.3 Å². The molecule has 0 radical (unpaired) electrons. The summed E-state index contributed by atoms with van der Waals surface area (Å²) in [6.45, 7) is 6.14. The lowest BCUT2D eigenvalue weighted by molar-refractivity contribution is -0.142. The van der Waals surface area contributed by atoms with E-state index in [-0.39, 0.29) is 5.97 Å². The van der Waals surface area contributed by atoms with E-state index in [4.69, 9.17) is 4.74 Å². The van der Waals surface area contributed by atoms with E-state index in [2.05, 4.69) is 5.32 Å². The van der Waals surface area contributed by atoms with Crippen molar-refractivity contribution in [3.63, 3.8) is 0 Å². The fourth-order valence-corrected chi connectivity index (χ4v) is 1.13. The van der Waals surface area contributed by atoms with Gasteiger partial charge in [-0.25, -0.2) is 0 Å². The maximum atomic E-state index is 11.2. The fourth-order valence-electron chi connectivity index (χ4n) is 1.13. The Hall–Kier alpha value is -1.25. The maximum Gasteiger partial charge on any atom is 0.311 e. The summed E-state index contributed by atoms with van der Waals surface area (Å²) < 4.78 is 4.87. The molecule has 0 saturated heterocycles. The molecule has 0 aromatic rings. The van der Waals surface area contributed by atoms with Crippen molar-refractivity contribution >= 4 is 5.97 Å². The fraction of sp³-hybridized carbons (Fsp3) is 0.545. The summed E-state index contributed by atoms with van der Waals surface area (Å²) in [5.74, 6) is -0.194. The Morgan fingerprint density at radius 2 is 2.14 bits per heavy atom. The molecule has 3 nitrogen and oxygen atoms in total. The van der Waals surface area contributed by atoms with E-state index < -0.39 is 0 Å². The molecule has 0 aliphatic heterocycles. The maximum absolute atomic E-state index is 11.2. The van der Waals surface area contributed by atoms with Gasteiger partial charge < -0.3 is 10.1 Å². The average Bonchev–Trinajstić information content (AvgIpc) is 2.15. The highest BCUT2D eigenvalue weighted by molar-refractivity contribution is 5.72. The molecule has 0 aromatic carbocycles. The third-order valence-electron chi connectivity index (χ3n) is 1.82. The van der Waals surface area contributed by atoms with Gasteiger partial charge >= 0.3 is 5.97 Å². The van der Waals surface area contributed by atoms with E-state index in [1.54, 1.807) is 6.92 Å². The van der Waals surface area contributed by atoms with Crippen molar-refractivity contribution in [3.8, 4) is 0 Å². The predicted molar refractivity (Wildman–Crippen MR) is 57.8 cm³/mol. The Bertz CT molecular complexity index is 242. The molecule has 0 aliphatic rings. The molecule has 1 N–H and O–H groups in total. The van der Waals surface area contributed by atoms with Crippen LogP contribution in [0.4, 0.5) is 0 Å². The molecule has 80 valence electrons. The molecule has 3 heteroatoms. The van der Waals surface area contributed by atoms with Crippen LogP contribution in [0.3, 0.4) is 0 Å². The molecule has 0 fully saturated rings. The minimum absolute atomic E-state index is 0.194. The molecule has 0 bridgehead atoms.